The molecule has 4 aromatic rings. The second-order valence-corrected chi connectivity index (χ2v) is 9.48. The topological polar surface area (TPSA) is 141 Å². The predicted octanol–water partition coefficient (Wildman–Crippen LogP) is 4.65. The molecule has 0 radical (unpaired) electrons. The zero-order valence-electron chi connectivity index (χ0n) is 22.2. The molecule has 1 fully saturated rings. The van der Waals surface area contributed by atoms with Crippen LogP contribution in [-0.4, -0.2) is 37.9 Å². The maximum atomic E-state index is 14.5. The van der Waals surface area contributed by atoms with Crippen LogP contribution in [0.5, 0.6) is 5.75 Å². The van der Waals surface area contributed by atoms with Gasteiger partial charge in [0.2, 0.25) is 0 Å². The van der Waals surface area contributed by atoms with Crippen LogP contribution in [0.2, 0.25) is 0 Å². The van der Waals surface area contributed by atoms with Crippen LogP contribution in [0.3, 0.4) is 0 Å². The molecule has 10 nitrogen and oxygen atoms in total. The fraction of sp³-hybridized carbons (Fsp3) is 0.370. The van der Waals surface area contributed by atoms with Gasteiger partial charge in [-0.1, -0.05) is 38.5 Å². The summed E-state index contributed by atoms with van der Waals surface area (Å²) in [5.41, 5.74) is 1.50. The number of pyridine rings is 1. The normalized spacial score (nSPS) is 14.4. The van der Waals surface area contributed by atoms with Gasteiger partial charge in [-0.2, -0.15) is 18.3 Å². The molecular formula is C27H29F4N7O3. The molecule has 0 atom stereocenters. The van der Waals surface area contributed by atoms with Gasteiger partial charge in [0.15, 0.2) is 17.4 Å². The van der Waals surface area contributed by atoms with Crippen LogP contribution in [0.1, 0.15) is 44.1 Å². The molecule has 1 aliphatic carbocycles. The van der Waals surface area contributed by atoms with Crippen LogP contribution in [0.25, 0.3) is 22.2 Å². The highest BCUT2D eigenvalue weighted by molar-refractivity contribution is 5.86. The number of ether oxygens (including phenoxy) is 1. The van der Waals surface area contributed by atoms with Crippen LogP contribution < -0.4 is 26.9 Å². The summed E-state index contributed by atoms with van der Waals surface area (Å²) in [7, 11) is 1.63. The Bertz CT molecular complexity index is 1620. The van der Waals surface area contributed by atoms with Gasteiger partial charge in [0.25, 0.3) is 11.1 Å². The zero-order chi connectivity index (χ0) is 29.6. The summed E-state index contributed by atoms with van der Waals surface area (Å²) in [6.07, 6.45) is 8.18. The second kappa shape index (κ2) is 12.8. The predicted molar refractivity (Wildman–Crippen MR) is 146 cm³/mol. The van der Waals surface area contributed by atoms with Gasteiger partial charge in [0.1, 0.15) is 18.0 Å². The Hall–Kier alpha value is -4.49. The lowest BCUT2D eigenvalue weighted by Gasteiger charge is -2.18. The molecule has 0 spiro atoms. The minimum Gasteiger partial charge on any atom is -0.486 e. The summed E-state index contributed by atoms with van der Waals surface area (Å²) < 4.78 is 57.2. The number of nitrogens with two attached hydrogens (primary N) is 1. The molecule has 6 rings (SSSR count). The van der Waals surface area contributed by atoms with Crippen molar-refractivity contribution in [1.29, 1.82) is 0 Å². The van der Waals surface area contributed by atoms with Crippen molar-refractivity contribution in [1.82, 2.24) is 24.7 Å². The maximum Gasteiger partial charge on any atom is 0.423 e. The van der Waals surface area contributed by atoms with E-state index in [4.69, 9.17) is 10.5 Å². The number of aromatic amines is 1. The van der Waals surface area contributed by atoms with Crippen LogP contribution in [0.15, 0.2) is 46.4 Å². The number of anilines is 2. The molecule has 41 heavy (non-hydrogen) atoms. The average Bonchev–Trinajstić information content (AvgIpc) is 2.96. The number of alkyl halides is 3. The zero-order valence-corrected chi connectivity index (χ0v) is 22.2. The van der Waals surface area contributed by atoms with Gasteiger partial charge in [0.05, 0.1) is 35.6 Å². The number of nitrogens with zero attached hydrogens (tertiary/aromatic N) is 4. The quantitative estimate of drug-likeness (QED) is 0.279. The number of fused-ring (bicyclic) bond motifs is 2. The molecule has 3 aromatic heterocycles. The molecule has 0 amide bonds. The lowest BCUT2D eigenvalue weighted by Crippen LogP contribution is -2.24. The van der Waals surface area contributed by atoms with Crippen molar-refractivity contribution in [2.75, 3.05) is 24.2 Å². The number of benzene rings is 1. The third-order valence-corrected chi connectivity index (χ3v) is 6.48. The number of nitrogens with one attached hydrogen (secondary N) is 2. The first-order valence-corrected chi connectivity index (χ1v) is 13.0. The second-order valence-electron chi connectivity index (χ2n) is 9.48. The van der Waals surface area contributed by atoms with Crippen LogP contribution >= 0.6 is 0 Å². The highest BCUT2D eigenvalue weighted by Crippen LogP contribution is 2.30. The molecule has 4 heterocycles. The number of nitrogen functional groups attached to an aromatic ring is 1. The van der Waals surface area contributed by atoms with E-state index >= 15 is 0 Å². The van der Waals surface area contributed by atoms with E-state index in [2.05, 4.69) is 20.4 Å². The van der Waals surface area contributed by atoms with E-state index in [0.717, 1.165) is 6.20 Å². The molecular weight excluding hydrogens is 546 g/mol. The highest BCUT2D eigenvalue weighted by Gasteiger charge is 2.36. The molecule has 1 saturated carbocycles. The van der Waals surface area contributed by atoms with Crippen molar-refractivity contribution >= 4 is 22.3 Å². The van der Waals surface area contributed by atoms with Crippen molar-refractivity contribution < 1.29 is 22.3 Å². The van der Waals surface area contributed by atoms with Crippen molar-refractivity contribution in [2.24, 2.45) is 7.05 Å². The summed E-state index contributed by atoms with van der Waals surface area (Å²) >= 11 is 0. The SMILES string of the molecule is C1CCCCC1.Cn1ccc2cc(-c3ncc4c(n3)NCCO4)c(F)cc2c1=O.Nc1cn[nH]c(=O)c1C(F)(F)F. The third kappa shape index (κ3) is 7.18. The standard InChI is InChI=1S/C16H13FN4O2.C6H12.C5H4F3N3O/c1-21-4-2-9-6-11(12(17)7-10(9)16(21)22)14-19-8-13-15(20-14)18-3-5-23-13;1-2-4-6-5-3-1;6-5(7,8)3-2(9)1-10-11-4(3)12/h2,4,6-8H,3,5H2,1H3,(H,18,19,20);1-6H2;1H,(H3,9,11,12). The number of H-pyrrole nitrogens is 1. The lowest BCUT2D eigenvalue weighted by molar-refractivity contribution is -0.138. The number of aromatic nitrogens is 5. The first-order valence-electron chi connectivity index (χ1n) is 13.0. The van der Waals surface area contributed by atoms with E-state index in [1.165, 1.54) is 55.4 Å². The van der Waals surface area contributed by atoms with Gasteiger partial charge >= 0.3 is 6.18 Å². The molecule has 0 bridgehead atoms. The lowest BCUT2D eigenvalue weighted by atomic mass is 10.0. The Morgan fingerprint density at radius 2 is 1.73 bits per heavy atom. The Kier molecular flexibility index (Phi) is 9.20. The highest BCUT2D eigenvalue weighted by atomic mass is 19.4. The van der Waals surface area contributed by atoms with Gasteiger partial charge < -0.3 is 20.4 Å². The van der Waals surface area contributed by atoms with Crippen molar-refractivity contribution in [2.45, 2.75) is 44.7 Å². The molecule has 1 aliphatic heterocycles. The molecule has 218 valence electrons. The first-order chi connectivity index (χ1) is 19.6. The number of aryl methyl sites for hydroxylation is 1. The maximum absolute atomic E-state index is 14.5. The molecule has 14 heteroatoms. The van der Waals surface area contributed by atoms with Gasteiger partial charge in [-0.25, -0.2) is 19.5 Å². The van der Waals surface area contributed by atoms with Gasteiger partial charge in [-0.3, -0.25) is 9.59 Å². The molecule has 1 aromatic carbocycles. The van der Waals surface area contributed by atoms with E-state index in [-0.39, 0.29) is 16.9 Å². The molecule has 2 aliphatic rings. The van der Waals surface area contributed by atoms with Crippen molar-refractivity contribution in [3.63, 3.8) is 0 Å². The fourth-order valence-electron chi connectivity index (χ4n) is 4.36. The number of hydrogen-bond acceptors (Lipinski definition) is 8. The van der Waals surface area contributed by atoms with Crippen LogP contribution in [-0.2, 0) is 13.2 Å². The van der Waals surface area contributed by atoms with Gasteiger partial charge in [-0.05, 0) is 23.6 Å². The number of hydrogen-bond donors (Lipinski definition) is 3. The number of halogens is 4. The summed E-state index contributed by atoms with van der Waals surface area (Å²) in [5.74, 6) is 0.819. The monoisotopic (exact) mass is 575 g/mol. The fourth-order valence-corrected chi connectivity index (χ4v) is 4.36. The summed E-state index contributed by atoms with van der Waals surface area (Å²) in [4.78, 5) is 31.1. The van der Waals surface area contributed by atoms with E-state index in [1.54, 1.807) is 30.5 Å². The Morgan fingerprint density at radius 3 is 2.34 bits per heavy atom. The largest absolute Gasteiger partial charge is 0.486 e. The molecule has 0 saturated heterocycles. The van der Waals surface area contributed by atoms with Crippen molar-refractivity contribution in [3.8, 4) is 17.1 Å². The van der Waals surface area contributed by atoms with E-state index < -0.39 is 28.8 Å². The van der Waals surface area contributed by atoms with Crippen LogP contribution in [0, 0.1) is 5.82 Å². The summed E-state index contributed by atoms with van der Waals surface area (Å²) in [6.45, 7) is 1.18. The Labute approximate surface area is 231 Å². The van der Waals surface area contributed by atoms with Crippen molar-refractivity contribution in [3.05, 3.63) is 68.9 Å². The van der Waals surface area contributed by atoms with E-state index in [0.29, 0.717) is 35.5 Å². The number of rotatable bonds is 1. The average molecular weight is 576 g/mol. The molecule has 0 unspecified atom stereocenters. The summed E-state index contributed by atoms with van der Waals surface area (Å²) in [5, 5.41) is 8.81. The summed E-state index contributed by atoms with van der Waals surface area (Å²) in [6, 6.07) is 4.59. The van der Waals surface area contributed by atoms with E-state index in [9.17, 15) is 27.2 Å². The minimum absolute atomic E-state index is 0.241. The smallest absolute Gasteiger partial charge is 0.423 e. The van der Waals surface area contributed by atoms with Gasteiger partial charge in [-0.15, -0.1) is 0 Å². The first kappa shape index (κ1) is 29.5. The van der Waals surface area contributed by atoms with E-state index in [1.807, 2.05) is 0 Å². The van der Waals surface area contributed by atoms with Gasteiger partial charge in [0, 0.05) is 13.2 Å². The minimum atomic E-state index is -4.74. The Morgan fingerprint density at radius 1 is 1.05 bits per heavy atom. The van der Waals surface area contributed by atoms with Crippen LogP contribution in [0.4, 0.5) is 29.1 Å². The third-order valence-electron chi connectivity index (χ3n) is 6.48. The molecule has 4 N–H and O–H groups in total. The Balaban J connectivity index is 0.000000179.